The topological polar surface area (TPSA) is 104 Å². The van der Waals surface area contributed by atoms with Gasteiger partial charge in [0.05, 0.1) is 4.92 Å². The first-order chi connectivity index (χ1) is 12.1. The monoisotopic (exact) mass is 377 g/mol. The maximum atomic E-state index is 12.6. The first kappa shape index (κ1) is 19.6. The Hall–Kier alpha value is -2.74. The summed E-state index contributed by atoms with van der Waals surface area (Å²) < 4.78 is 30.2. The van der Waals surface area contributed by atoms with Crippen molar-refractivity contribution >= 4 is 21.6 Å². The Kier molecular flexibility index (Phi) is 5.76. The van der Waals surface area contributed by atoms with Gasteiger partial charge in [0.25, 0.3) is 5.69 Å². The van der Waals surface area contributed by atoms with Gasteiger partial charge in [0.1, 0.15) is 16.4 Å². The van der Waals surface area contributed by atoms with Crippen LogP contribution in [-0.2, 0) is 21.3 Å². The molecule has 8 heteroatoms. The Bertz CT molecular complexity index is 948. The van der Waals surface area contributed by atoms with E-state index in [2.05, 4.69) is 0 Å². The number of hydrogen-bond donors (Lipinski definition) is 0. The molecule has 0 unspecified atom stereocenters. The second kappa shape index (κ2) is 7.65. The molecule has 0 aliphatic carbocycles. The van der Waals surface area contributed by atoms with E-state index in [4.69, 9.17) is 4.18 Å². The Labute approximate surface area is 151 Å². The average molecular weight is 377 g/mol. The number of benzene rings is 2. The van der Waals surface area contributed by atoms with Gasteiger partial charge in [0, 0.05) is 18.6 Å². The Morgan fingerprint density at radius 2 is 1.77 bits per heavy atom. The lowest BCUT2D eigenvalue weighted by Crippen LogP contribution is -2.12. The van der Waals surface area contributed by atoms with Gasteiger partial charge in [0.2, 0.25) is 0 Å². The number of hydrogen-bond acceptors (Lipinski definition) is 6. The Morgan fingerprint density at radius 1 is 1.15 bits per heavy atom. The molecule has 7 nitrogen and oxygen atoms in total. The molecule has 0 bridgehead atoms. The minimum absolute atomic E-state index is 0.0735. The third-order valence-corrected chi connectivity index (χ3v) is 5.35. The molecule has 0 saturated heterocycles. The largest absolute Gasteiger partial charge is 0.379 e. The molecule has 0 amide bonds. The SMILES string of the molecule is CC(=O)CCc1ccc(OS(=O)(=O)c2cc([N+](=O)[O-])cc(C)c2C)cc1. The van der Waals surface area contributed by atoms with E-state index in [1.165, 1.54) is 25.1 Å². The van der Waals surface area contributed by atoms with Crippen LogP contribution >= 0.6 is 0 Å². The predicted octanol–water partition coefficient (Wildman–Crippen LogP) is 3.50. The summed E-state index contributed by atoms with van der Waals surface area (Å²) in [6, 6.07) is 8.66. The van der Waals surface area contributed by atoms with E-state index in [1.807, 2.05) is 0 Å². The van der Waals surface area contributed by atoms with Gasteiger partial charge in [-0.2, -0.15) is 8.42 Å². The van der Waals surface area contributed by atoms with E-state index in [0.717, 1.165) is 11.6 Å². The van der Waals surface area contributed by atoms with Crippen LogP contribution < -0.4 is 4.18 Å². The van der Waals surface area contributed by atoms with Crippen LogP contribution in [0.3, 0.4) is 0 Å². The molecule has 0 aromatic heterocycles. The van der Waals surface area contributed by atoms with E-state index in [9.17, 15) is 23.3 Å². The molecule has 0 fully saturated rings. The number of aryl methyl sites for hydroxylation is 2. The molecule has 26 heavy (non-hydrogen) atoms. The van der Waals surface area contributed by atoms with Crippen LogP contribution in [-0.4, -0.2) is 19.1 Å². The standard InChI is InChI=1S/C18H19NO6S/c1-12-10-16(19(21)22)11-18(14(12)3)26(23,24)25-17-8-6-15(7-9-17)5-4-13(2)20/h6-11H,4-5H2,1-3H3. The number of carbonyl (C=O) groups is 1. The van der Waals surface area contributed by atoms with Crippen molar-refractivity contribution in [3.63, 3.8) is 0 Å². The lowest BCUT2D eigenvalue weighted by molar-refractivity contribution is -0.385. The highest BCUT2D eigenvalue weighted by atomic mass is 32.2. The first-order valence-electron chi connectivity index (χ1n) is 7.88. The van der Waals surface area contributed by atoms with E-state index < -0.39 is 15.0 Å². The Morgan fingerprint density at radius 3 is 2.31 bits per heavy atom. The summed E-state index contributed by atoms with van der Waals surface area (Å²) in [5.74, 6) is 0.171. The molecule has 2 rings (SSSR count). The fourth-order valence-electron chi connectivity index (χ4n) is 2.38. The molecule has 0 saturated carbocycles. The summed E-state index contributed by atoms with van der Waals surface area (Å²) in [5.41, 5.74) is 1.46. The molecule has 0 N–H and O–H groups in total. The number of nitro groups is 1. The van der Waals surface area contributed by atoms with Gasteiger partial charge < -0.3 is 8.98 Å². The van der Waals surface area contributed by atoms with Crippen LogP contribution in [0.2, 0.25) is 0 Å². The van der Waals surface area contributed by atoms with Gasteiger partial charge in [-0.3, -0.25) is 10.1 Å². The van der Waals surface area contributed by atoms with Crippen molar-refractivity contribution in [3.8, 4) is 5.75 Å². The number of non-ortho nitro benzene ring substituents is 1. The fourth-order valence-corrected chi connectivity index (χ4v) is 3.63. The maximum Gasteiger partial charge on any atom is 0.339 e. The number of Topliss-reactive ketones (excluding diaryl/α,β-unsaturated/α-hetero) is 1. The summed E-state index contributed by atoms with van der Waals surface area (Å²) in [6.45, 7) is 4.68. The minimum Gasteiger partial charge on any atom is -0.379 e. The summed E-state index contributed by atoms with van der Waals surface area (Å²) in [5, 5.41) is 11.0. The third-order valence-electron chi connectivity index (χ3n) is 3.98. The number of nitro benzene ring substituents is 1. The van der Waals surface area contributed by atoms with Crippen LogP contribution in [0, 0.1) is 24.0 Å². The number of nitrogens with zero attached hydrogens (tertiary/aromatic N) is 1. The van der Waals surface area contributed by atoms with Crippen LogP contribution in [0.5, 0.6) is 5.75 Å². The van der Waals surface area contributed by atoms with Crippen molar-refractivity contribution in [1.29, 1.82) is 0 Å². The molecular weight excluding hydrogens is 358 g/mol. The summed E-state index contributed by atoms with van der Waals surface area (Å²) in [6.07, 6.45) is 0.968. The smallest absolute Gasteiger partial charge is 0.339 e. The van der Waals surface area contributed by atoms with Crippen LogP contribution in [0.4, 0.5) is 5.69 Å². The first-order valence-corrected chi connectivity index (χ1v) is 9.29. The summed E-state index contributed by atoms with van der Waals surface area (Å²) in [4.78, 5) is 21.1. The zero-order chi connectivity index (χ0) is 19.5. The van der Waals surface area contributed by atoms with Crippen molar-refractivity contribution in [2.45, 2.75) is 38.5 Å². The van der Waals surface area contributed by atoms with Gasteiger partial charge in [-0.05, 0) is 56.0 Å². The van der Waals surface area contributed by atoms with E-state index >= 15 is 0 Å². The highest BCUT2D eigenvalue weighted by molar-refractivity contribution is 7.87. The highest BCUT2D eigenvalue weighted by Gasteiger charge is 2.24. The number of rotatable bonds is 7. The van der Waals surface area contributed by atoms with Crippen molar-refractivity contribution < 1.29 is 22.3 Å². The van der Waals surface area contributed by atoms with Crippen LogP contribution in [0.1, 0.15) is 30.0 Å². The molecule has 0 radical (unpaired) electrons. The molecule has 0 atom stereocenters. The van der Waals surface area contributed by atoms with Crippen molar-refractivity contribution in [1.82, 2.24) is 0 Å². The predicted molar refractivity (Wildman–Crippen MR) is 95.8 cm³/mol. The quantitative estimate of drug-likeness (QED) is 0.415. The minimum atomic E-state index is -4.22. The van der Waals surface area contributed by atoms with E-state index in [-0.39, 0.29) is 22.1 Å². The maximum absolute atomic E-state index is 12.6. The molecular formula is C18H19NO6S. The molecule has 0 aliphatic heterocycles. The number of carbonyl (C=O) groups excluding carboxylic acids is 1. The molecule has 0 spiro atoms. The van der Waals surface area contributed by atoms with E-state index in [0.29, 0.717) is 24.0 Å². The van der Waals surface area contributed by atoms with Crippen molar-refractivity contribution in [2.24, 2.45) is 0 Å². The van der Waals surface area contributed by atoms with Crippen LogP contribution in [0.25, 0.3) is 0 Å². The molecule has 2 aromatic rings. The Balaban J connectivity index is 2.29. The highest BCUT2D eigenvalue weighted by Crippen LogP contribution is 2.28. The molecule has 138 valence electrons. The summed E-state index contributed by atoms with van der Waals surface area (Å²) >= 11 is 0. The lowest BCUT2D eigenvalue weighted by Gasteiger charge is -2.11. The average Bonchev–Trinajstić information content (AvgIpc) is 2.55. The second-order valence-corrected chi connectivity index (χ2v) is 7.54. The van der Waals surface area contributed by atoms with E-state index in [1.54, 1.807) is 26.0 Å². The normalized spacial score (nSPS) is 11.2. The van der Waals surface area contributed by atoms with Gasteiger partial charge in [0.15, 0.2) is 0 Å². The number of ketones is 1. The third kappa shape index (κ3) is 4.66. The molecule has 0 aliphatic rings. The lowest BCUT2D eigenvalue weighted by atomic mass is 10.1. The van der Waals surface area contributed by atoms with Crippen molar-refractivity contribution in [3.05, 3.63) is 63.2 Å². The molecule has 2 aromatic carbocycles. The fraction of sp³-hybridized carbons (Fsp3) is 0.278. The van der Waals surface area contributed by atoms with Crippen LogP contribution in [0.15, 0.2) is 41.3 Å². The zero-order valence-corrected chi connectivity index (χ0v) is 15.5. The second-order valence-electron chi connectivity index (χ2n) is 6.03. The van der Waals surface area contributed by atoms with Gasteiger partial charge in [-0.25, -0.2) is 0 Å². The van der Waals surface area contributed by atoms with Gasteiger partial charge in [-0.15, -0.1) is 0 Å². The van der Waals surface area contributed by atoms with Gasteiger partial charge >= 0.3 is 10.1 Å². The molecule has 0 heterocycles. The van der Waals surface area contributed by atoms with Gasteiger partial charge in [-0.1, -0.05) is 12.1 Å². The summed E-state index contributed by atoms with van der Waals surface area (Å²) in [7, 11) is -4.22. The zero-order valence-electron chi connectivity index (χ0n) is 14.7. The van der Waals surface area contributed by atoms with Crippen molar-refractivity contribution in [2.75, 3.05) is 0 Å².